The molecular formula is C9H13N3O2. The molecule has 0 aliphatic carbocycles. The zero-order valence-electron chi connectivity index (χ0n) is 8.06. The second kappa shape index (κ2) is 3.79. The van der Waals surface area contributed by atoms with E-state index in [9.17, 15) is 0 Å². The summed E-state index contributed by atoms with van der Waals surface area (Å²) < 4.78 is 10.4. The van der Waals surface area contributed by atoms with E-state index in [1.165, 1.54) is 0 Å². The maximum absolute atomic E-state index is 5.67. The SMILES string of the molecule is COc1cnc(C2CCCO2)nc1N. The van der Waals surface area contributed by atoms with Crippen molar-refractivity contribution in [2.75, 3.05) is 19.5 Å². The van der Waals surface area contributed by atoms with Gasteiger partial charge in [0.05, 0.1) is 13.3 Å². The zero-order chi connectivity index (χ0) is 9.97. The molecule has 0 aromatic carbocycles. The molecule has 0 spiro atoms. The summed E-state index contributed by atoms with van der Waals surface area (Å²) in [6.07, 6.45) is 3.61. The van der Waals surface area contributed by atoms with Crippen molar-refractivity contribution in [2.24, 2.45) is 0 Å². The Labute approximate surface area is 82.3 Å². The first kappa shape index (κ1) is 9.21. The molecular weight excluding hydrogens is 182 g/mol. The standard InChI is InChI=1S/C9H13N3O2/c1-13-7-5-11-9(12-8(7)10)6-3-2-4-14-6/h5-6H,2-4H2,1H3,(H2,10,11,12). The van der Waals surface area contributed by atoms with Gasteiger partial charge in [-0.3, -0.25) is 0 Å². The van der Waals surface area contributed by atoms with Gasteiger partial charge in [-0.15, -0.1) is 0 Å². The monoisotopic (exact) mass is 195 g/mol. The second-order valence-electron chi connectivity index (χ2n) is 3.18. The lowest BCUT2D eigenvalue weighted by atomic mass is 10.2. The van der Waals surface area contributed by atoms with Crippen molar-refractivity contribution in [3.8, 4) is 5.75 Å². The van der Waals surface area contributed by atoms with Crippen LogP contribution in [0.3, 0.4) is 0 Å². The lowest BCUT2D eigenvalue weighted by molar-refractivity contribution is 0.105. The van der Waals surface area contributed by atoms with Gasteiger partial charge in [-0.1, -0.05) is 0 Å². The van der Waals surface area contributed by atoms with Gasteiger partial charge in [0.25, 0.3) is 0 Å². The smallest absolute Gasteiger partial charge is 0.179 e. The number of aromatic nitrogens is 2. The van der Waals surface area contributed by atoms with E-state index in [2.05, 4.69) is 9.97 Å². The molecule has 1 atom stereocenters. The minimum absolute atomic E-state index is 0.00297. The highest BCUT2D eigenvalue weighted by Crippen LogP contribution is 2.27. The van der Waals surface area contributed by atoms with Gasteiger partial charge in [-0.2, -0.15) is 0 Å². The Morgan fingerprint density at radius 1 is 1.64 bits per heavy atom. The van der Waals surface area contributed by atoms with Crippen LogP contribution in [0.25, 0.3) is 0 Å². The Kier molecular flexibility index (Phi) is 2.49. The van der Waals surface area contributed by atoms with Crippen LogP contribution in [0, 0.1) is 0 Å². The fraction of sp³-hybridized carbons (Fsp3) is 0.556. The minimum Gasteiger partial charge on any atom is -0.491 e. The maximum Gasteiger partial charge on any atom is 0.179 e. The van der Waals surface area contributed by atoms with E-state index < -0.39 is 0 Å². The normalized spacial score (nSPS) is 21.1. The molecule has 1 aliphatic heterocycles. The lowest BCUT2D eigenvalue weighted by Crippen LogP contribution is -2.06. The minimum atomic E-state index is 0.00297. The van der Waals surface area contributed by atoms with Crippen LogP contribution in [0.15, 0.2) is 6.20 Å². The first-order chi connectivity index (χ1) is 6.81. The number of nitrogens with two attached hydrogens (primary N) is 1. The van der Waals surface area contributed by atoms with E-state index in [0.29, 0.717) is 17.4 Å². The van der Waals surface area contributed by atoms with Crippen LogP contribution in [0.1, 0.15) is 24.8 Å². The third-order valence-corrected chi connectivity index (χ3v) is 2.24. The van der Waals surface area contributed by atoms with Gasteiger partial charge in [0.1, 0.15) is 6.10 Å². The van der Waals surface area contributed by atoms with Gasteiger partial charge in [0.2, 0.25) is 0 Å². The highest BCUT2D eigenvalue weighted by Gasteiger charge is 2.21. The quantitative estimate of drug-likeness (QED) is 0.759. The van der Waals surface area contributed by atoms with Gasteiger partial charge in [0, 0.05) is 6.61 Å². The van der Waals surface area contributed by atoms with Gasteiger partial charge in [0.15, 0.2) is 17.4 Å². The van der Waals surface area contributed by atoms with Crippen LogP contribution in [0.2, 0.25) is 0 Å². The fourth-order valence-electron chi connectivity index (χ4n) is 1.49. The van der Waals surface area contributed by atoms with Gasteiger partial charge < -0.3 is 15.2 Å². The van der Waals surface area contributed by atoms with E-state index in [1.54, 1.807) is 13.3 Å². The molecule has 2 heterocycles. The van der Waals surface area contributed by atoms with Crippen molar-refractivity contribution in [3.63, 3.8) is 0 Å². The van der Waals surface area contributed by atoms with Crippen molar-refractivity contribution >= 4 is 5.82 Å². The van der Waals surface area contributed by atoms with Crippen LogP contribution in [-0.4, -0.2) is 23.7 Å². The zero-order valence-corrected chi connectivity index (χ0v) is 8.06. The molecule has 1 aliphatic rings. The Bertz CT molecular complexity index is 324. The topological polar surface area (TPSA) is 70.3 Å². The summed E-state index contributed by atoms with van der Waals surface area (Å²) in [5.41, 5.74) is 5.67. The van der Waals surface area contributed by atoms with Crippen LogP contribution in [-0.2, 0) is 4.74 Å². The number of methoxy groups -OCH3 is 1. The van der Waals surface area contributed by atoms with E-state index in [1.807, 2.05) is 0 Å². The van der Waals surface area contributed by atoms with Crippen molar-refractivity contribution in [2.45, 2.75) is 18.9 Å². The predicted octanol–water partition coefficient (Wildman–Crippen LogP) is 0.919. The molecule has 76 valence electrons. The summed E-state index contributed by atoms with van der Waals surface area (Å²) in [4.78, 5) is 8.29. The summed E-state index contributed by atoms with van der Waals surface area (Å²) in [7, 11) is 1.54. The summed E-state index contributed by atoms with van der Waals surface area (Å²) in [5.74, 6) is 1.53. The molecule has 0 radical (unpaired) electrons. The molecule has 14 heavy (non-hydrogen) atoms. The molecule has 2 N–H and O–H groups in total. The number of hydrogen-bond acceptors (Lipinski definition) is 5. The van der Waals surface area contributed by atoms with Gasteiger partial charge in [-0.25, -0.2) is 9.97 Å². The molecule has 2 rings (SSSR count). The largest absolute Gasteiger partial charge is 0.491 e. The van der Waals surface area contributed by atoms with Crippen LogP contribution in [0.4, 0.5) is 5.82 Å². The molecule has 1 aromatic heterocycles. The highest BCUT2D eigenvalue weighted by atomic mass is 16.5. The van der Waals surface area contributed by atoms with Crippen molar-refractivity contribution in [1.82, 2.24) is 9.97 Å². The number of rotatable bonds is 2. The maximum atomic E-state index is 5.67. The third kappa shape index (κ3) is 1.63. The molecule has 1 saturated heterocycles. The van der Waals surface area contributed by atoms with Crippen LogP contribution < -0.4 is 10.5 Å². The molecule has 1 unspecified atom stereocenters. The fourth-order valence-corrected chi connectivity index (χ4v) is 1.49. The van der Waals surface area contributed by atoms with Gasteiger partial charge in [-0.05, 0) is 12.8 Å². The molecule has 0 bridgehead atoms. The Balaban J connectivity index is 2.23. The first-order valence-electron chi connectivity index (χ1n) is 4.59. The van der Waals surface area contributed by atoms with Crippen LogP contribution in [0.5, 0.6) is 5.75 Å². The molecule has 5 heteroatoms. The summed E-state index contributed by atoms with van der Waals surface area (Å²) >= 11 is 0. The van der Waals surface area contributed by atoms with E-state index in [0.717, 1.165) is 19.4 Å². The molecule has 0 amide bonds. The average Bonchev–Trinajstić information content (AvgIpc) is 2.70. The number of nitrogen functional groups attached to an aromatic ring is 1. The second-order valence-corrected chi connectivity index (χ2v) is 3.18. The predicted molar refractivity (Wildman–Crippen MR) is 50.9 cm³/mol. The van der Waals surface area contributed by atoms with E-state index in [-0.39, 0.29) is 6.10 Å². The number of hydrogen-bond donors (Lipinski definition) is 1. The lowest BCUT2D eigenvalue weighted by Gasteiger charge is -2.09. The third-order valence-electron chi connectivity index (χ3n) is 2.24. The van der Waals surface area contributed by atoms with E-state index in [4.69, 9.17) is 15.2 Å². The van der Waals surface area contributed by atoms with Gasteiger partial charge >= 0.3 is 0 Å². The molecule has 0 saturated carbocycles. The summed E-state index contributed by atoms with van der Waals surface area (Å²) in [5, 5.41) is 0. The molecule has 5 nitrogen and oxygen atoms in total. The van der Waals surface area contributed by atoms with E-state index >= 15 is 0 Å². The number of anilines is 1. The van der Waals surface area contributed by atoms with Crippen molar-refractivity contribution in [1.29, 1.82) is 0 Å². The number of nitrogens with zero attached hydrogens (tertiary/aromatic N) is 2. The Morgan fingerprint density at radius 2 is 2.50 bits per heavy atom. The Morgan fingerprint density at radius 3 is 3.07 bits per heavy atom. The van der Waals surface area contributed by atoms with Crippen molar-refractivity contribution in [3.05, 3.63) is 12.0 Å². The first-order valence-corrected chi connectivity index (χ1v) is 4.59. The molecule has 1 aromatic rings. The summed E-state index contributed by atoms with van der Waals surface area (Å²) in [6, 6.07) is 0. The Hall–Kier alpha value is -1.36. The average molecular weight is 195 g/mol. The molecule has 1 fully saturated rings. The highest BCUT2D eigenvalue weighted by molar-refractivity contribution is 5.43. The van der Waals surface area contributed by atoms with Crippen molar-refractivity contribution < 1.29 is 9.47 Å². The summed E-state index contributed by atoms with van der Waals surface area (Å²) in [6.45, 7) is 0.778. The number of ether oxygens (including phenoxy) is 2. The van der Waals surface area contributed by atoms with Crippen LogP contribution >= 0.6 is 0 Å².